The first-order chi connectivity index (χ1) is 6.66. The minimum Gasteiger partial charge on any atom is -0.393 e. The van der Waals surface area contributed by atoms with Gasteiger partial charge in [-0.25, -0.2) is 9.97 Å². The minimum absolute atomic E-state index is 0.353. The minimum atomic E-state index is -0.353. The molecule has 1 unspecified atom stereocenters. The Balaban J connectivity index is 2.53. The zero-order chi connectivity index (χ0) is 10.1. The Hall–Kier alpha value is -1.00. The lowest BCUT2D eigenvalue weighted by molar-refractivity contribution is 0.194. The number of aromatic nitrogens is 2. The van der Waals surface area contributed by atoms with Gasteiger partial charge in [-0.2, -0.15) is 0 Å². The number of fused-ring (bicyclic) bond motifs is 1. The zero-order valence-corrected chi connectivity index (χ0v) is 9.01. The molecule has 0 aliphatic carbocycles. The maximum absolute atomic E-state index is 9.32. The second kappa shape index (κ2) is 3.63. The monoisotopic (exact) mass is 208 g/mol. The molecule has 1 N–H and O–H groups in total. The van der Waals surface area contributed by atoms with E-state index in [4.69, 9.17) is 0 Å². The van der Waals surface area contributed by atoms with Crippen LogP contribution in [0.5, 0.6) is 0 Å². The van der Waals surface area contributed by atoms with E-state index in [1.807, 2.05) is 0 Å². The molecule has 0 aromatic carbocycles. The summed E-state index contributed by atoms with van der Waals surface area (Å²) >= 11 is 1.66. The van der Waals surface area contributed by atoms with Crippen molar-refractivity contribution < 1.29 is 5.11 Å². The Bertz CT molecular complexity index is 450. The van der Waals surface area contributed by atoms with Crippen LogP contribution < -0.4 is 0 Å². The van der Waals surface area contributed by atoms with Gasteiger partial charge < -0.3 is 5.11 Å². The summed E-state index contributed by atoms with van der Waals surface area (Å²) in [6, 6.07) is 2.08. The Kier molecular flexibility index (Phi) is 2.48. The number of aliphatic hydroxyl groups is 1. The van der Waals surface area contributed by atoms with Crippen molar-refractivity contribution in [2.24, 2.45) is 0 Å². The molecule has 0 amide bonds. The Morgan fingerprint density at radius 3 is 3.00 bits per heavy atom. The van der Waals surface area contributed by atoms with Crippen molar-refractivity contribution in [3.63, 3.8) is 0 Å². The second-order valence-corrected chi connectivity index (χ2v) is 4.68. The van der Waals surface area contributed by atoms with E-state index in [-0.39, 0.29) is 6.10 Å². The first-order valence-electron chi connectivity index (χ1n) is 4.55. The summed E-state index contributed by atoms with van der Waals surface area (Å²) in [6.45, 7) is 3.83. The van der Waals surface area contributed by atoms with Crippen LogP contribution in [0.3, 0.4) is 0 Å². The van der Waals surface area contributed by atoms with Crippen molar-refractivity contribution >= 4 is 21.6 Å². The molecular formula is C10H12N2OS. The van der Waals surface area contributed by atoms with Crippen LogP contribution in [-0.2, 0) is 6.42 Å². The third-order valence-corrected chi connectivity index (χ3v) is 2.98. The highest BCUT2D eigenvalue weighted by Gasteiger charge is 2.08. The van der Waals surface area contributed by atoms with E-state index in [2.05, 4.69) is 23.0 Å². The summed E-state index contributed by atoms with van der Waals surface area (Å²) in [5.74, 6) is 0. The number of rotatable bonds is 2. The van der Waals surface area contributed by atoms with Gasteiger partial charge in [-0.05, 0) is 19.9 Å². The highest BCUT2D eigenvalue weighted by molar-refractivity contribution is 7.18. The number of aliphatic hydroxyl groups excluding tert-OH is 1. The lowest BCUT2D eigenvalue weighted by Crippen LogP contribution is -2.06. The predicted molar refractivity (Wildman–Crippen MR) is 57.5 cm³/mol. The van der Waals surface area contributed by atoms with E-state index in [9.17, 15) is 5.11 Å². The maximum Gasteiger partial charge on any atom is 0.127 e. The summed E-state index contributed by atoms with van der Waals surface area (Å²) < 4.78 is 0. The van der Waals surface area contributed by atoms with Gasteiger partial charge in [0.25, 0.3) is 0 Å². The van der Waals surface area contributed by atoms with Crippen molar-refractivity contribution in [3.05, 3.63) is 23.0 Å². The number of aryl methyl sites for hydroxylation is 1. The smallest absolute Gasteiger partial charge is 0.127 e. The first-order valence-corrected chi connectivity index (χ1v) is 5.36. The average molecular weight is 208 g/mol. The van der Waals surface area contributed by atoms with Crippen molar-refractivity contribution in [2.45, 2.75) is 26.4 Å². The molecule has 4 heteroatoms. The lowest BCUT2D eigenvalue weighted by atomic mass is 10.1. The first kappa shape index (κ1) is 9.55. The third kappa shape index (κ3) is 1.76. The molecule has 3 nitrogen and oxygen atoms in total. The fourth-order valence-corrected chi connectivity index (χ4v) is 2.34. The molecule has 0 aliphatic rings. The van der Waals surface area contributed by atoms with E-state index in [1.54, 1.807) is 24.6 Å². The SMILES string of the molecule is Cc1cc2c(CC(C)O)ncnc2s1. The van der Waals surface area contributed by atoms with Crippen LogP contribution in [0.25, 0.3) is 10.2 Å². The van der Waals surface area contributed by atoms with Crippen LogP contribution in [-0.4, -0.2) is 21.2 Å². The maximum atomic E-state index is 9.32. The van der Waals surface area contributed by atoms with Gasteiger partial charge in [0, 0.05) is 16.7 Å². The van der Waals surface area contributed by atoms with Crippen LogP contribution in [0.15, 0.2) is 12.4 Å². The predicted octanol–water partition coefficient (Wildman–Crippen LogP) is 1.92. The van der Waals surface area contributed by atoms with Gasteiger partial charge in [-0.3, -0.25) is 0 Å². The number of hydrogen-bond donors (Lipinski definition) is 1. The summed E-state index contributed by atoms with van der Waals surface area (Å²) in [5.41, 5.74) is 0.939. The molecule has 0 spiro atoms. The van der Waals surface area contributed by atoms with Crippen molar-refractivity contribution in [2.75, 3.05) is 0 Å². The van der Waals surface area contributed by atoms with E-state index in [0.29, 0.717) is 6.42 Å². The molecule has 2 aromatic heterocycles. The summed E-state index contributed by atoms with van der Waals surface area (Å²) in [7, 11) is 0. The normalized spacial score (nSPS) is 13.4. The molecule has 0 saturated heterocycles. The van der Waals surface area contributed by atoms with Crippen molar-refractivity contribution in [3.8, 4) is 0 Å². The molecule has 0 fully saturated rings. The standard InChI is InChI=1S/C10H12N2OS/c1-6(13)3-9-8-4-7(2)14-10(8)12-5-11-9/h4-6,13H,3H2,1-2H3. The molecule has 2 heterocycles. The number of thiophene rings is 1. The fraction of sp³-hybridized carbons (Fsp3) is 0.400. The van der Waals surface area contributed by atoms with Crippen LogP contribution in [0.4, 0.5) is 0 Å². The largest absolute Gasteiger partial charge is 0.393 e. The van der Waals surface area contributed by atoms with E-state index >= 15 is 0 Å². The van der Waals surface area contributed by atoms with Gasteiger partial charge in [0.15, 0.2) is 0 Å². The Morgan fingerprint density at radius 2 is 2.29 bits per heavy atom. The molecule has 14 heavy (non-hydrogen) atoms. The molecular weight excluding hydrogens is 196 g/mol. The van der Waals surface area contributed by atoms with Gasteiger partial charge >= 0.3 is 0 Å². The van der Waals surface area contributed by atoms with Gasteiger partial charge in [0.1, 0.15) is 11.2 Å². The number of nitrogens with zero attached hydrogens (tertiary/aromatic N) is 2. The summed E-state index contributed by atoms with van der Waals surface area (Å²) in [5, 5.41) is 10.4. The highest BCUT2D eigenvalue weighted by Crippen LogP contribution is 2.25. The molecule has 74 valence electrons. The van der Waals surface area contributed by atoms with Gasteiger partial charge in [0.05, 0.1) is 11.8 Å². The van der Waals surface area contributed by atoms with Gasteiger partial charge in [-0.1, -0.05) is 0 Å². The van der Waals surface area contributed by atoms with Gasteiger partial charge in [0.2, 0.25) is 0 Å². The molecule has 2 rings (SSSR count). The third-order valence-electron chi connectivity index (χ3n) is 2.02. The topological polar surface area (TPSA) is 46.0 Å². The molecule has 0 bridgehead atoms. The second-order valence-electron chi connectivity index (χ2n) is 3.45. The molecule has 1 atom stereocenters. The summed E-state index contributed by atoms with van der Waals surface area (Å²) in [4.78, 5) is 10.6. The average Bonchev–Trinajstić information content (AvgIpc) is 2.45. The van der Waals surface area contributed by atoms with Crippen molar-refractivity contribution in [1.82, 2.24) is 9.97 Å². The zero-order valence-electron chi connectivity index (χ0n) is 8.19. The lowest BCUT2D eigenvalue weighted by Gasteiger charge is -2.03. The van der Waals surface area contributed by atoms with E-state index in [1.165, 1.54) is 4.88 Å². The van der Waals surface area contributed by atoms with E-state index in [0.717, 1.165) is 15.9 Å². The quantitative estimate of drug-likeness (QED) is 0.820. The fourth-order valence-electron chi connectivity index (χ4n) is 1.47. The van der Waals surface area contributed by atoms with Crippen LogP contribution >= 0.6 is 11.3 Å². The molecule has 0 saturated carbocycles. The van der Waals surface area contributed by atoms with Crippen LogP contribution in [0.2, 0.25) is 0 Å². The summed E-state index contributed by atoms with van der Waals surface area (Å²) in [6.07, 6.45) is 1.80. The molecule has 0 aliphatic heterocycles. The van der Waals surface area contributed by atoms with Crippen LogP contribution in [0.1, 0.15) is 17.5 Å². The van der Waals surface area contributed by atoms with Crippen LogP contribution in [0, 0.1) is 6.92 Å². The Morgan fingerprint density at radius 1 is 1.50 bits per heavy atom. The van der Waals surface area contributed by atoms with E-state index < -0.39 is 0 Å². The molecule has 0 radical (unpaired) electrons. The molecule has 2 aromatic rings. The highest BCUT2D eigenvalue weighted by atomic mass is 32.1. The van der Waals surface area contributed by atoms with Gasteiger partial charge in [-0.15, -0.1) is 11.3 Å². The Labute approximate surface area is 86.4 Å². The number of hydrogen-bond acceptors (Lipinski definition) is 4. The van der Waals surface area contributed by atoms with Crippen molar-refractivity contribution in [1.29, 1.82) is 0 Å².